The molecule has 0 bridgehead atoms. The van der Waals surface area contributed by atoms with Crippen LogP contribution in [-0.4, -0.2) is 10.1 Å². The van der Waals surface area contributed by atoms with E-state index in [0.29, 0.717) is 5.69 Å². The average molecular weight is 151 g/mol. The van der Waals surface area contributed by atoms with Crippen molar-refractivity contribution in [3.8, 4) is 0 Å². The van der Waals surface area contributed by atoms with Crippen LogP contribution in [0.25, 0.3) is 0 Å². The fourth-order valence-corrected chi connectivity index (χ4v) is 1.11. The molecule has 1 heterocycles. The molecule has 1 aliphatic rings. The SMILES string of the molecule is O=c1cccc(C2(O)CC2)[nH]1. The van der Waals surface area contributed by atoms with Gasteiger partial charge >= 0.3 is 0 Å². The molecule has 2 rings (SSSR count). The Kier molecular flexibility index (Phi) is 1.17. The van der Waals surface area contributed by atoms with E-state index in [2.05, 4.69) is 4.98 Å². The van der Waals surface area contributed by atoms with Crippen molar-refractivity contribution in [3.63, 3.8) is 0 Å². The lowest BCUT2D eigenvalue weighted by molar-refractivity contribution is 0.146. The number of hydrogen-bond donors (Lipinski definition) is 2. The maximum atomic E-state index is 10.8. The molecule has 0 aromatic carbocycles. The first-order valence-electron chi connectivity index (χ1n) is 3.63. The molecule has 0 unspecified atom stereocenters. The highest BCUT2D eigenvalue weighted by Crippen LogP contribution is 2.43. The van der Waals surface area contributed by atoms with Crippen molar-refractivity contribution < 1.29 is 5.11 Å². The third-order valence-electron chi connectivity index (χ3n) is 1.99. The molecule has 58 valence electrons. The van der Waals surface area contributed by atoms with E-state index in [4.69, 9.17) is 0 Å². The summed E-state index contributed by atoms with van der Waals surface area (Å²) in [7, 11) is 0. The Bertz CT molecular complexity index is 325. The van der Waals surface area contributed by atoms with E-state index in [1.165, 1.54) is 6.07 Å². The van der Waals surface area contributed by atoms with E-state index >= 15 is 0 Å². The zero-order valence-corrected chi connectivity index (χ0v) is 6.00. The molecule has 0 amide bonds. The van der Waals surface area contributed by atoms with Crippen molar-refractivity contribution in [2.24, 2.45) is 0 Å². The van der Waals surface area contributed by atoms with Crippen LogP contribution in [0.5, 0.6) is 0 Å². The molecule has 0 spiro atoms. The molecule has 1 aliphatic carbocycles. The number of aliphatic hydroxyl groups is 1. The Morgan fingerprint density at radius 2 is 2.18 bits per heavy atom. The van der Waals surface area contributed by atoms with Crippen molar-refractivity contribution >= 4 is 0 Å². The van der Waals surface area contributed by atoms with Gasteiger partial charge in [-0.25, -0.2) is 0 Å². The van der Waals surface area contributed by atoms with Crippen molar-refractivity contribution in [2.75, 3.05) is 0 Å². The van der Waals surface area contributed by atoms with Gasteiger partial charge < -0.3 is 10.1 Å². The largest absolute Gasteiger partial charge is 0.384 e. The topological polar surface area (TPSA) is 53.1 Å². The van der Waals surface area contributed by atoms with Gasteiger partial charge in [0, 0.05) is 11.8 Å². The molecule has 0 radical (unpaired) electrons. The fraction of sp³-hybridized carbons (Fsp3) is 0.375. The fourth-order valence-electron chi connectivity index (χ4n) is 1.11. The highest BCUT2D eigenvalue weighted by atomic mass is 16.3. The second kappa shape index (κ2) is 1.95. The first-order chi connectivity index (χ1) is 5.21. The van der Waals surface area contributed by atoms with Gasteiger partial charge in [0.05, 0.1) is 0 Å². The standard InChI is InChI=1S/C8H9NO2/c10-7-3-1-2-6(9-7)8(11)4-5-8/h1-3,11H,4-5H2,(H,9,10). The number of aromatic nitrogens is 1. The normalized spacial score (nSPS) is 19.7. The summed E-state index contributed by atoms with van der Waals surface area (Å²) < 4.78 is 0. The van der Waals surface area contributed by atoms with Crippen LogP contribution >= 0.6 is 0 Å². The highest BCUT2D eigenvalue weighted by Gasteiger charge is 2.42. The smallest absolute Gasteiger partial charge is 0.248 e. The van der Waals surface area contributed by atoms with Gasteiger partial charge in [-0.1, -0.05) is 6.07 Å². The molecular weight excluding hydrogens is 142 g/mol. The van der Waals surface area contributed by atoms with Gasteiger partial charge in [0.15, 0.2) is 0 Å². The van der Waals surface area contributed by atoms with E-state index in [0.717, 1.165) is 12.8 Å². The second-order valence-corrected chi connectivity index (χ2v) is 2.96. The molecule has 0 atom stereocenters. The van der Waals surface area contributed by atoms with Gasteiger partial charge in [-0.3, -0.25) is 4.79 Å². The zero-order valence-electron chi connectivity index (χ0n) is 6.00. The van der Waals surface area contributed by atoms with Crippen molar-refractivity contribution in [1.29, 1.82) is 0 Å². The van der Waals surface area contributed by atoms with Crippen LogP contribution in [0, 0.1) is 0 Å². The molecule has 1 fully saturated rings. The Morgan fingerprint density at radius 3 is 2.73 bits per heavy atom. The molecule has 2 N–H and O–H groups in total. The summed E-state index contributed by atoms with van der Waals surface area (Å²) in [5.41, 5.74) is -0.228. The number of hydrogen-bond acceptors (Lipinski definition) is 2. The lowest BCUT2D eigenvalue weighted by Crippen LogP contribution is -2.14. The predicted octanol–water partition coefficient (Wildman–Crippen LogP) is 0.356. The summed E-state index contributed by atoms with van der Waals surface area (Å²) in [4.78, 5) is 13.4. The van der Waals surface area contributed by atoms with Crippen molar-refractivity contribution in [3.05, 3.63) is 34.2 Å². The summed E-state index contributed by atoms with van der Waals surface area (Å²) in [6.07, 6.45) is 1.51. The van der Waals surface area contributed by atoms with Crippen molar-refractivity contribution in [1.82, 2.24) is 4.98 Å². The van der Waals surface area contributed by atoms with Crippen LogP contribution in [0.4, 0.5) is 0 Å². The third kappa shape index (κ3) is 1.07. The van der Waals surface area contributed by atoms with E-state index in [9.17, 15) is 9.90 Å². The van der Waals surface area contributed by atoms with Gasteiger partial charge in [-0.05, 0) is 18.9 Å². The van der Waals surface area contributed by atoms with E-state index < -0.39 is 5.60 Å². The first kappa shape index (κ1) is 6.61. The molecular formula is C8H9NO2. The summed E-state index contributed by atoms with van der Waals surface area (Å²) in [5, 5.41) is 9.55. The third-order valence-corrected chi connectivity index (χ3v) is 1.99. The molecule has 3 nitrogen and oxygen atoms in total. The number of rotatable bonds is 1. The molecule has 1 aromatic heterocycles. The quantitative estimate of drug-likeness (QED) is 0.608. The number of aromatic amines is 1. The molecule has 0 saturated heterocycles. The van der Waals surface area contributed by atoms with Crippen LogP contribution in [0.15, 0.2) is 23.0 Å². The number of nitrogens with one attached hydrogen (secondary N) is 1. The summed E-state index contributed by atoms with van der Waals surface area (Å²) in [6.45, 7) is 0. The van der Waals surface area contributed by atoms with E-state index in [1.54, 1.807) is 12.1 Å². The minimum absolute atomic E-state index is 0.150. The van der Waals surface area contributed by atoms with Gasteiger partial charge in [0.25, 0.3) is 0 Å². The summed E-state index contributed by atoms with van der Waals surface area (Å²) in [6, 6.07) is 4.84. The minimum Gasteiger partial charge on any atom is -0.384 e. The Labute approximate surface area is 63.7 Å². The predicted molar refractivity (Wildman–Crippen MR) is 40.2 cm³/mol. The van der Waals surface area contributed by atoms with E-state index in [1.807, 2.05) is 0 Å². The number of pyridine rings is 1. The number of H-pyrrole nitrogens is 1. The van der Waals surface area contributed by atoms with Crippen LogP contribution in [0.2, 0.25) is 0 Å². The maximum Gasteiger partial charge on any atom is 0.248 e. The van der Waals surface area contributed by atoms with Gasteiger partial charge in [-0.2, -0.15) is 0 Å². The Morgan fingerprint density at radius 1 is 1.45 bits per heavy atom. The Hall–Kier alpha value is -1.09. The van der Waals surface area contributed by atoms with Gasteiger partial charge in [-0.15, -0.1) is 0 Å². The Balaban J connectivity index is 2.46. The van der Waals surface area contributed by atoms with Crippen LogP contribution in [-0.2, 0) is 5.60 Å². The average Bonchev–Trinajstić information content (AvgIpc) is 2.70. The lowest BCUT2D eigenvalue weighted by Gasteiger charge is -2.05. The molecule has 0 aliphatic heterocycles. The maximum absolute atomic E-state index is 10.8. The van der Waals surface area contributed by atoms with Gasteiger partial charge in [0.1, 0.15) is 5.60 Å². The lowest BCUT2D eigenvalue weighted by atomic mass is 10.2. The van der Waals surface area contributed by atoms with E-state index in [-0.39, 0.29) is 5.56 Å². The van der Waals surface area contributed by atoms with Crippen LogP contribution in [0.1, 0.15) is 18.5 Å². The second-order valence-electron chi connectivity index (χ2n) is 2.96. The van der Waals surface area contributed by atoms with Crippen molar-refractivity contribution in [2.45, 2.75) is 18.4 Å². The van der Waals surface area contributed by atoms with Crippen LogP contribution in [0.3, 0.4) is 0 Å². The zero-order chi connectivity index (χ0) is 7.90. The minimum atomic E-state index is -0.722. The van der Waals surface area contributed by atoms with Gasteiger partial charge in [0.2, 0.25) is 5.56 Å². The highest BCUT2D eigenvalue weighted by molar-refractivity contribution is 5.18. The monoisotopic (exact) mass is 151 g/mol. The van der Waals surface area contributed by atoms with Crippen LogP contribution < -0.4 is 5.56 Å². The first-order valence-corrected chi connectivity index (χ1v) is 3.63. The molecule has 1 saturated carbocycles. The molecule has 1 aromatic rings. The molecule has 3 heteroatoms. The summed E-state index contributed by atoms with van der Waals surface area (Å²) in [5.74, 6) is 0. The molecule has 11 heavy (non-hydrogen) atoms. The summed E-state index contributed by atoms with van der Waals surface area (Å²) >= 11 is 0.